The summed E-state index contributed by atoms with van der Waals surface area (Å²) in [6.07, 6.45) is 0.914. The molecule has 0 unspecified atom stereocenters. The van der Waals surface area contributed by atoms with E-state index >= 15 is 0 Å². The predicted octanol–water partition coefficient (Wildman–Crippen LogP) is 4.13. The number of fused-ring (bicyclic) bond motifs is 5. The van der Waals surface area contributed by atoms with Crippen LogP contribution in [-0.2, 0) is 19.9 Å². The van der Waals surface area contributed by atoms with Crippen LogP contribution in [0.25, 0.3) is 0 Å². The van der Waals surface area contributed by atoms with Gasteiger partial charge in [-0.2, -0.15) is 0 Å². The zero-order chi connectivity index (χ0) is 21.9. The number of hydrogen-bond donors (Lipinski definition) is 0. The summed E-state index contributed by atoms with van der Waals surface area (Å²) in [4.78, 5) is 42.6. The molecule has 0 spiro atoms. The number of benzene rings is 3. The maximum Gasteiger partial charge on any atom is 0.241 e. The van der Waals surface area contributed by atoms with Crippen molar-refractivity contribution in [3.05, 3.63) is 102 Å². The van der Waals surface area contributed by atoms with E-state index in [4.69, 9.17) is 4.74 Å². The number of ketones is 1. The van der Waals surface area contributed by atoms with Crippen LogP contribution in [0.1, 0.15) is 28.8 Å². The molecule has 5 nitrogen and oxygen atoms in total. The normalized spacial score (nSPS) is 30.6. The monoisotopic (exact) mass is 423 g/mol. The third-order valence-electron chi connectivity index (χ3n) is 7.24. The van der Waals surface area contributed by atoms with Gasteiger partial charge in [0.2, 0.25) is 11.8 Å². The van der Waals surface area contributed by atoms with E-state index in [1.54, 1.807) is 48.5 Å². The number of Topliss-reactive ketones (excluding diaryl/α,β-unsaturated/α-hetero) is 1. The summed E-state index contributed by atoms with van der Waals surface area (Å²) in [7, 11) is 0. The highest BCUT2D eigenvalue weighted by Gasteiger charge is 2.78. The summed E-state index contributed by atoms with van der Waals surface area (Å²) < 4.78 is 6.62. The van der Waals surface area contributed by atoms with Crippen LogP contribution in [0.4, 0.5) is 5.69 Å². The highest BCUT2D eigenvalue weighted by molar-refractivity contribution is 6.25. The highest BCUT2D eigenvalue weighted by atomic mass is 16.5. The zero-order valence-electron chi connectivity index (χ0n) is 17.3. The van der Waals surface area contributed by atoms with Crippen molar-refractivity contribution in [2.45, 2.75) is 24.0 Å². The van der Waals surface area contributed by atoms with Gasteiger partial charge < -0.3 is 4.74 Å². The van der Waals surface area contributed by atoms with E-state index in [-0.39, 0.29) is 17.6 Å². The van der Waals surface area contributed by atoms with Crippen LogP contribution in [0.2, 0.25) is 0 Å². The fourth-order valence-electron chi connectivity index (χ4n) is 5.92. The molecule has 0 aliphatic carbocycles. The van der Waals surface area contributed by atoms with Gasteiger partial charge in [0.1, 0.15) is 11.2 Å². The van der Waals surface area contributed by atoms with E-state index in [1.807, 2.05) is 42.5 Å². The van der Waals surface area contributed by atoms with E-state index < -0.39 is 23.0 Å². The summed E-state index contributed by atoms with van der Waals surface area (Å²) in [5, 5.41) is 0. The van der Waals surface area contributed by atoms with Gasteiger partial charge in [0.05, 0.1) is 17.5 Å². The number of anilines is 1. The van der Waals surface area contributed by atoms with Crippen LogP contribution in [0.15, 0.2) is 91.0 Å². The Bertz CT molecular complexity index is 1230. The first kappa shape index (κ1) is 19.1. The Kier molecular flexibility index (Phi) is 4.01. The largest absolute Gasteiger partial charge is 0.354 e. The Morgan fingerprint density at radius 3 is 1.97 bits per heavy atom. The molecule has 2 amide bonds. The molecular weight excluding hydrogens is 402 g/mol. The molecule has 32 heavy (non-hydrogen) atoms. The van der Waals surface area contributed by atoms with Gasteiger partial charge in [0.15, 0.2) is 5.78 Å². The van der Waals surface area contributed by atoms with Crippen molar-refractivity contribution in [3.63, 3.8) is 0 Å². The molecule has 3 fully saturated rings. The van der Waals surface area contributed by atoms with Gasteiger partial charge in [-0.25, -0.2) is 4.90 Å². The molecule has 0 N–H and O–H groups in total. The van der Waals surface area contributed by atoms with Gasteiger partial charge in [-0.15, -0.1) is 0 Å². The number of ether oxygens (including phenoxy) is 1. The second kappa shape index (κ2) is 6.71. The Hall–Kier alpha value is -3.57. The van der Waals surface area contributed by atoms with Gasteiger partial charge in [0.25, 0.3) is 0 Å². The molecular formula is C27H21NO4. The van der Waals surface area contributed by atoms with E-state index in [1.165, 1.54) is 4.90 Å². The number of hydrogen-bond acceptors (Lipinski definition) is 4. The number of imide groups is 1. The van der Waals surface area contributed by atoms with Crippen molar-refractivity contribution in [2.24, 2.45) is 11.8 Å². The minimum atomic E-state index is -1.35. The Labute approximate surface area is 185 Å². The first-order valence-electron chi connectivity index (χ1n) is 10.9. The van der Waals surface area contributed by atoms with Crippen LogP contribution < -0.4 is 4.90 Å². The molecule has 4 atom stereocenters. The number of para-hydroxylation sites is 1. The minimum absolute atomic E-state index is 0.223. The first-order valence-corrected chi connectivity index (χ1v) is 10.9. The number of rotatable bonds is 4. The molecule has 0 radical (unpaired) electrons. The SMILES string of the molecule is O=C1[C@@H]2[C@H](C(=O)N1c1ccccc1)[C@@]1(c3ccccc3)CC[C@]2(C(=O)c2ccccc2)O1. The lowest BCUT2D eigenvalue weighted by Gasteiger charge is -2.31. The third-order valence-corrected chi connectivity index (χ3v) is 7.24. The summed E-state index contributed by atoms with van der Waals surface area (Å²) in [5.41, 5.74) is -0.478. The van der Waals surface area contributed by atoms with Gasteiger partial charge in [0, 0.05) is 5.56 Å². The highest BCUT2D eigenvalue weighted by Crippen LogP contribution is 2.66. The van der Waals surface area contributed by atoms with Crippen LogP contribution in [0.3, 0.4) is 0 Å². The molecule has 5 heteroatoms. The van der Waals surface area contributed by atoms with Gasteiger partial charge in [-0.1, -0.05) is 78.9 Å². The van der Waals surface area contributed by atoms with Gasteiger partial charge in [-0.05, 0) is 30.5 Å². The van der Waals surface area contributed by atoms with Crippen LogP contribution in [0.5, 0.6) is 0 Å². The number of carbonyl (C=O) groups excluding carboxylic acids is 3. The van der Waals surface area contributed by atoms with Crippen molar-refractivity contribution >= 4 is 23.3 Å². The smallest absolute Gasteiger partial charge is 0.241 e. The fourth-order valence-corrected chi connectivity index (χ4v) is 5.92. The molecule has 3 aromatic rings. The molecule has 158 valence electrons. The first-order chi connectivity index (χ1) is 15.6. The number of amides is 2. The van der Waals surface area contributed by atoms with E-state index in [2.05, 4.69) is 0 Å². The molecule has 3 aliphatic rings. The Balaban J connectivity index is 1.54. The summed E-state index contributed by atoms with van der Waals surface area (Å²) in [5.74, 6) is -2.46. The number of carbonyl (C=O) groups is 3. The third kappa shape index (κ3) is 2.34. The van der Waals surface area contributed by atoms with E-state index in [0.717, 1.165) is 5.56 Å². The fraction of sp³-hybridized carbons (Fsp3) is 0.222. The summed E-state index contributed by atoms with van der Waals surface area (Å²) in [6, 6.07) is 27.4. The molecule has 0 aromatic heterocycles. The van der Waals surface area contributed by atoms with Crippen molar-refractivity contribution < 1.29 is 19.1 Å². The lowest BCUT2D eigenvalue weighted by atomic mass is 9.64. The van der Waals surface area contributed by atoms with E-state index in [0.29, 0.717) is 24.1 Å². The van der Waals surface area contributed by atoms with Crippen LogP contribution in [-0.4, -0.2) is 23.2 Å². The summed E-state index contributed by atoms with van der Waals surface area (Å²) in [6.45, 7) is 0. The standard InChI is InChI=1S/C27H21NO4/c29-23(18-10-4-1-5-11-18)27-17-16-26(32-27,19-12-6-2-7-13-19)21-22(27)25(31)28(24(21)30)20-14-8-3-9-15-20/h1-15,21-22H,16-17H2/t21-,22+,26+,27+/m1/s1. The lowest BCUT2D eigenvalue weighted by Crippen LogP contribution is -2.48. The molecule has 3 aliphatic heterocycles. The Morgan fingerprint density at radius 1 is 0.750 bits per heavy atom. The molecule has 2 bridgehead atoms. The predicted molar refractivity (Wildman–Crippen MR) is 118 cm³/mol. The minimum Gasteiger partial charge on any atom is -0.354 e. The summed E-state index contributed by atoms with van der Waals surface area (Å²) >= 11 is 0. The number of nitrogens with zero attached hydrogens (tertiary/aromatic N) is 1. The maximum atomic E-state index is 13.8. The zero-order valence-corrected chi connectivity index (χ0v) is 17.3. The average molecular weight is 423 g/mol. The molecule has 3 heterocycles. The average Bonchev–Trinajstić information content (AvgIpc) is 3.48. The second-order valence-corrected chi connectivity index (χ2v) is 8.74. The second-order valence-electron chi connectivity index (χ2n) is 8.74. The van der Waals surface area contributed by atoms with Crippen LogP contribution in [0, 0.1) is 11.8 Å². The molecule has 3 saturated heterocycles. The lowest BCUT2D eigenvalue weighted by molar-refractivity contribution is -0.130. The van der Waals surface area contributed by atoms with Crippen molar-refractivity contribution in [3.8, 4) is 0 Å². The van der Waals surface area contributed by atoms with Crippen LogP contribution >= 0.6 is 0 Å². The maximum absolute atomic E-state index is 13.8. The van der Waals surface area contributed by atoms with Crippen molar-refractivity contribution in [1.82, 2.24) is 0 Å². The Morgan fingerprint density at radius 2 is 1.31 bits per heavy atom. The molecule has 6 rings (SSSR count). The quantitative estimate of drug-likeness (QED) is 0.468. The topological polar surface area (TPSA) is 63.7 Å². The van der Waals surface area contributed by atoms with Gasteiger partial charge >= 0.3 is 0 Å². The molecule has 0 saturated carbocycles. The van der Waals surface area contributed by atoms with Crippen molar-refractivity contribution in [1.29, 1.82) is 0 Å². The van der Waals surface area contributed by atoms with Crippen molar-refractivity contribution in [2.75, 3.05) is 4.90 Å². The van der Waals surface area contributed by atoms with Gasteiger partial charge in [-0.3, -0.25) is 14.4 Å². The molecule has 3 aromatic carbocycles. The van der Waals surface area contributed by atoms with E-state index in [9.17, 15) is 14.4 Å².